The van der Waals surface area contributed by atoms with Crippen LogP contribution in [0, 0.1) is 0 Å². The number of hydrogen-bond donors (Lipinski definition) is 2. The molecule has 0 aliphatic heterocycles. The van der Waals surface area contributed by atoms with Gasteiger partial charge in [0, 0.05) is 17.0 Å². The van der Waals surface area contributed by atoms with Crippen molar-refractivity contribution in [3.05, 3.63) is 52.2 Å². The lowest BCUT2D eigenvalue weighted by Crippen LogP contribution is -2.22. The van der Waals surface area contributed by atoms with Crippen molar-refractivity contribution in [2.45, 2.75) is 30.8 Å². The third-order valence-electron chi connectivity index (χ3n) is 3.18. The zero-order chi connectivity index (χ0) is 14.8. The molecule has 0 aliphatic rings. The molecule has 1 unspecified atom stereocenters. The largest absolute Gasteiger partial charge is 0.303 e. The maximum atomic E-state index is 11.2. The van der Waals surface area contributed by atoms with Crippen molar-refractivity contribution >= 4 is 21.4 Å². The Balaban J connectivity index is 2.08. The van der Waals surface area contributed by atoms with E-state index in [9.17, 15) is 8.42 Å². The lowest BCUT2D eigenvalue weighted by Gasteiger charge is -2.19. The van der Waals surface area contributed by atoms with Crippen molar-refractivity contribution in [2.75, 3.05) is 0 Å². The second kappa shape index (κ2) is 6.05. The molecule has 4 nitrogen and oxygen atoms in total. The minimum absolute atomic E-state index is 0.127. The van der Waals surface area contributed by atoms with Gasteiger partial charge >= 0.3 is 0 Å². The van der Waals surface area contributed by atoms with Gasteiger partial charge in [-0.25, -0.2) is 13.6 Å². The van der Waals surface area contributed by atoms with E-state index in [1.165, 1.54) is 4.88 Å². The summed E-state index contributed by atoms with van der Waals surface area (Å²) in [5, 5.41) is 10.6. The van der Waals surface area contributed by atoms with Gasteiger partial charge in [-0.05, 0) is 43.0 Å². The summed E-state index contributed by atoms with van der Waals surface area (Å²) < 4.78 is 22.4. The summed E-state index contributed by atoms with van der Waals surface area (Å²) in [6.45, 7) is 4.16. The Morgan fingerprint density at radius 3 is 2.25 bits per heavy atom. The molecule has 2 atom stereocenters. The van der Waals surface area contributed by atoms with E-state index in [1.807, 2.05) is 6.07 Å². The van der Waals surface area contributed by atoms with E-state index in [-0.39, 0.29) is 17.0 Å². The van der Waals surface area contributed by atoms with Gasteiger partial charge in [0.05, 0.1) is 4.90 Å². The second-order valence-electron chi connectivity index (χ2n) is 4.74. The summed E-state index contributed by atoms with van der Waals surface area (Å²) >= 11 is 1.72. The lowest BCUT2D eigenvalue weighted by atomic mass is 10.1. The molecule has 2 aromatic rings. The van der Waals surface area contributed by atoms with Crippen molar-refractivity contribution in [3.8, 4) is 0 Å². The molecular weight excluding hydrogens is 292 g/mol. The highest BCUT2D eigenvalue weighted by Gasteiger charge is 2.13. The molecule has 3 N–H and O–H groups in total. The van der Waals surface area contributed by atoms with Crippen molar-refractivity contribution in [3.63, 3.8) is 0 Å². The third-order valence-corrected chi connectivity index (χ3v) is 5.16. The number of thiophene rings is 1. The van der Waals surface area contributed by atoms with Gasteiger partial charge in [-0.1, -0.05) is 18.2 Å². The summed E-state index contributed by atoms with van der Waals surface area (Å²) in [5.74, 6) is 0. The fourth-order valence-corrected chi connectivity index (χ4v) is 3.30. The van der Waals surface area contributed by atoms with E-state index in [2.05, 4.69) is 30.6 Å². The van der Waals surface area contributed by atoms with Crippen LogP contribution >= 0.6 is 11.3 Å². The van der Waals surface area contributed by atoms with Crippen LogP contribution in [0.1, 0.15) is 36.4 Å². The fourth-order valence-electron chi connectivity index (χ4n) is 2.04. The number of nitrogens with one attached hydrogen (secondary N) is 1. The van der Waals surface area contributed by atoms with Crippen LogP contribution in [0.25, 0.3) is 0 Å². The molecule has 0 bridgehead atoms. The molecule has 1 heterocycles. The Morgan fingerprint density at radius 2 is 1.75 bits per heavy atom. The van der Waals surface area contributed by atoms with Crippen LogP contribution in [-0.2, 0) is 10.0 Å². The molecule has 20 heavy (non-hydrogen) atoms. The van der Waals surface area contributed by atoms with Gasteiger partial charge < -0.3 is 5.32 Å². The van der Waals surface area contributed by atoms with Gasteiger partial charge in [0.2, 0.25) is 10.0 Å². The Bertz CT molecular complexity index is 649. The van der Waals surface area contributed by atoms with Crippen molar-refractivity contribution in [1.29, 1.82) is 0 Å². The zero-order valence-electron chi connectivity index (χ0n) is 11.4. The topological polar surface area (TPSA) is 72.2 Å². The fraction of sp³-hybridized carbons (Fsp3) is 0.286. The zero-order valence-corrected chi connectivity index (χ0v) is 13.0. The molecule has 0 saturated heterocycles. The summed E-state index contributed by atoms with van der Waals surface area (Å²) in [6, 6.07) is 11.2. The second-order valence-corrected chi connectivity index (χ2v) is 7.28. The first-order chi connectivity index (χ1) is 9.38. The number of sulfonamides is 1. The summed E-state index contributed by atoms with van der Waals surface area (Å²) in [7, 11) is -3.62. The first kappa shape index (κ1) is 15.2. The molecule has 2 rings (SSSR count). The summed E-state index contributed by atoms with van der Waals surface area (Å²) in [4.78, 5) is 1.41. The molecule has 1 aromatic carbocycles. The maximum Gasteiger partial charge on any atom is 0.238 e. The highest BCUT2D eigenvalue weighted by Crippen LogP contribution is 2.23. The molecule has 1 aromatic heterocycles. The molecule has 0 spiro atoms. The molecule has 0 aliphatic carbocycles. The van der Waals surface area contributed by atoms with Gasteiger partial charge in [0.15, 0.2) is 0 Å². The minimum atomic E-state index is -3.62. The summed E-state index contributed by atoms with van der Waals surface area (Å²) in [5.41, 5.74) is 1.03. The van der Waals surface area contributed by atoms with Crippen molar-refractivity contribution in [2.24, 2.45) is 5.14 Å². The molecule has 6 heteroatoms. The molecule has 0 fully saturated rings. The number of primary sulfonamides is 1. The van der Waals surface area contributed by atoms with E-state index in [0.717, 1.165) is 5.56 Å². The van der Waals surface area contributed by atoms with Gasteiger partial charge in [0.1, 0.15) is 0 Å². The summed E-state index contributed by atoms with van der Waals surface area (Å²) in [6.07, 6.45) is 0. The average molecular weight is 310 g/mol. The maximum absolute atomic E-state index is 11.2. The van der Waals surface area contributed by atoms with Crippen LogP contribution in [0.15, 0.2) is 46.7 Å². The predicted molar refractivity (Wildman–Crippen MR) is 82.1 cm³/mol. The Hall–Kier alpha value is -1.21. The Morgan fingerprint density at radius 1 is 1.10 bits per heavy atom. The van der Waals surface area contributed by atoms with Crippen LogP contribution in [0.2, 0.25) is 0 Å². The molecule has 108 valence electrons. The van der Waals surface area contributed by atoms with Gasteiger partial charge in [-0.2, -0.15) is 0 Å². The Kier molecular flexibility index (Phi) is 4.59. The molecule has 0 amide bonds. The number of nitrogens with two attached hydrogens (primary N) is 1. The van der Waals surface area contributed by atoms with E-state index >= 15 is 0 Å². The first-order valence-electron chi connectivity index (χ1n) is 6.30. The highest BCUT2D eigenvalue weighted by molar-refractivity contribution is 7.89. The lowest BCUT2D eigenvalue weighted by molar-refractivity contribution is 0.500. The molecule has 0 radical (unpaired) electrons. The normalized spacial score (nSPS) is 14.9. The first-order valence-corrected chi connectivity index (χ1v) is 8.73. The van der Waals surface area contributed by atoms with Crippen molar-refractivity contribution in [1.82, 2.24) is 5.32 Å². The standard InChI is InChI=1S/C14H18N2O2S2/c1-10(16-11(2)14-4-3-9-19-14)12-5-7-13(8-6-12)20(15,17)18/h3-11,16H,1-2H3,(H2,15,17,18)/t10?,11-/m0/s1. The SMILES string of the molecule is CC(N[C@@H](C)c1cccs1)c1ccc(S(N)(=O)=O)cc1. The predicted octanol–water partition coefficient (Wildman–Crippen LogP) is 2.81. The Labute approximate surface area is 123 Å². The van der Waals surface area contributed by atoms with Crippen LogP contribution in [0.3, 0.4) is 0 Å². The van der Waals surface area contributed by atoms with Crippen LogP contribution in [-0.4, -0.2) is 8.42 Å². The van der Waals surface area contributed by atoms with Gasteiger partial charge in [-0.15, -0.1) is 11.3 Å². The number of hydrogen-bond acceptors (Lipinski definition) is 4. The molecular formula is C14H18N2O2S2. The van der Waals surface area contributed by atoms with E-state index in [1.54, 1.807) is 35.6 Å². The molecule has 0 saturated carbocycles. The smallest absolute Gasteiger partial charge is 0.238 e. The van der Waals surface area contributed by atoms with Crippen LogP contribution < -0.4 is 10.5 Å². The van der Waals surface area contributed by atoms with Crippen LogP contribution in [0.5, 0.6) is 0 Å². The van der Waals surface area contributed by atoms with Crippen molar-refractivity contribution < 1.29 is 8.42 Å². The van der Waals surface area contributed by atoms with Crippen LogP contribution in [0.4, 0.5) is 0 Å². The highest BCUT2D eigenvalue weighted by atomic mass is 32.2. The third kappa shape index (κ3) is 3.67. The minimum Gasteiger partial charge on any atom is -0.303 e. The van der Waals surface area contributed by atoms with Gasteiger partial charge in [0.25, 0.3) is 0 Å². The quantitative estimate of drug-likeness (QED) is 0.892. The monoisotopic (exact) mass is 310 g/mol. The number of benzene rings is 1. The average Bonchev–Trinajstić information content (AvgIpc) is 2.91. The van der Waals surface area contributed by atoms with E-state index in [0.29, 0.717) is 0 Å². The number of rotatable bonds is 5. The van der Waals surface area contributed by atoms with Gasteiger partial charge in [-0.3, -0.25) is 0 Å². The van der Waals surface area contributed by atoms with E-state index < -0.39 is 10.0 Å². The van der Waals surface area contributed by atoms with E-state index in [4.69, 9.17) is 5.14 Å².